The summed E-state index contributed by atoms with van der Waals surface area (Å²) in [6.45, 7) is 2.70. The van der Waals surface area contributed by atoms with Crippen LogP contribution in [0.25, 0.3) is 0 Å². The van der Waals surface area contributed by atoms with E-state index in [1.54, 1.807) is 4.90 Å². The van der Waals surface area contributed by atoms with Crippen molar-refractivity contribution in [1.82, 2.24) is 9.80 Å². The van der Waals surface area contributed by atoms with Gasteiger partial charge in [-0.3, -0.25) is 4.79 Å². The van der Waals surface area contributed by atoms with Crippen LogP contribution in [0.4, 0.5) is 0 Å². The van der Waals surface area contributed by atoms with Crippen LogP contribution in [0, 0.1) is 0 Å². The van der Waals surface area contributed by atoms with Crippen LogP contribution in [0.2, 0.25) is 0 Å². The lowest BCUT2D eigenvalue weighted by Crippen LogP contribution is -2.54. The summed E-state index contributed by atoms with van der Waals surface area (Å²) in [5.74, 6) is -0.905. The van der Waals surface area contributed by atoms with Crippen LogP contribution >= 0.6 is 0 Å². The quantitative estimate of drug-likeness (QED) is 0.899. The van der Waals surface area contributed by atoms with E-state index < -0.39 is 12.0 Å². The first kappa shape index (κ1) is 17.0. The zero-order chi connectivity index (χ0) is 16.9. The molecular weight excluding hydrogens is 304 g/mol. The fourth-order valence-electron chi connectivity index (χ4n) is 3.96. The van der Waals surface area contributed by atoms with Crippen molar-refractivity contribution in [3.8, 4) is 0 Å². The molecule has 2 atom stereocenters. The molecular formula is C19H26N2O3. The zero-order valence-electron chi connectivity index (χ0n) is 14.1. The molecule has 3 rings (SSSR count). The number of carbonyl (C=O) groups is 2. The number of carboxylic acid groups (broad SMARTS) is 1. The van der Waals surface area contributed by atoms with E-state index >= 15 is 0 Å². The average molecular weight is 330 g/mol. The summed E-state index contributed by atoms with van der Waals surface area (Å²) in [5, 5.41) is 9.59. The Morgan fingerprint density at radius 1 is 1.08 bits per heavy atom. The van der Waals surface area contributed by atoms with E-state index in [2.05, 4.69) is 4.90 Å². The molecule has 2 fully saturated rings. The van der Waals surface area contributed by atoms with Crippen LogP contribution in [-0.2, 0) is 16.0 Å². The van der Waals surface area contributed by atoms with Crippen LogP contribution in [0.1, 0.15) is 37.7 Å². The smallest absolute Gasteiger partial charge is 0.326 e. The highest BCUT2D eigenvalue weighted by Gasteiger charge is 2.38. The molecule has 2 saturated heterocycles. The first-order valence-electron chi connectivity index (χ1n) is 8.95. The van der Waals surface area contributed by atoms with Gasteiger partial charge in [-0.05, 0) is 50.8 Å². The van der Waals surface area contributed by atoms with Gasteiger partial charge in [-0.25, -0.2) is 4.79 Å². The van der Waals surface area contributed by atoms with Crippen molar-refractivity contribution in [2.24, 2.45) is 0 Å². The van der Waals surface area contributed by atoms with Gasteiger partial charge in [0.25, 0.3) is 0 Å². The first-order chi connectivity index (χ1) is 11.6. The molecule has 1 aromatic carbocycles. The second-order valence-electron chi connectivity index (χ2n) is 6.85. The van der Waals surface area contributed by atoms with E-state index in [9.17, 15) is 14.7 Å². The SMILES string of the molecule is O=C(O)C1CC(N2CCCC2)CCN1C(=O)CCc1ccccc1. The topological polar surface area (TPSA) is 60.9 Å². The molecule has 2 unspecified atom stereocenters. The Hall–Kier alpha value is -1.88. The number of likely N-dealkylation sites (tertiary alicyclic amines) is 2. The van der Waals surface area contributed by atoms with Crippen molar-refractivity contribution in [1.29, 1.82) is 0 Å². The molecule has 5 nitrogen and oxygen atoms in total. The van der Waals surface area contributed by atoms with E-state index in [0.717, 1.165) is 25.1 Å². The van der Waals surface area contributed by atoms with Gasteiger partial charge in [-0.15, -0.1) is 0 Å². The minimum atomic E-state index is -0.869. The second-order valence-corrected chi connectivity index (χ2v) is 6.85. The average Bonchev–Trinajstić information content (AvgIpc) is 3.14. The van der Waals surface area contributed by atoms with Gasteiger partial charge >= 0.3 is 5.97 Å². The number of carbonyl (C=O) groups excluding carboxylic acids is 1. The Morgan fingerprint density at radius 3 is 2.46 bits per heavy atom. The lowest BCUT2D eigenvalue weighted by Gasteiger charge is -2.40. The number of hydrogen-bond acceptors (Lipinski definition) is 3. The van der Waals surface area contributed by atoms with Crippen molar-refractivity contribution in [3.63, 3.8) is 0 Å². The lowest BCUT2D eigenvalue weighted by atomic mass is 9.95. The summed E-state index contributed by atoms with van der Waals surface area (Å²) in [7, 11) is 0. The molecule has 130 valence electrons. The van der Waals surface area contributed by atoms with Crippen LogP contribution in [0.5, 0.6) is 0 Å². The molecule has 2 heterocycles. The van der Waals surface area contributed by atoms with E-state index in [1.165, 1.54) is 12.8 Å². The largest absolute Gasteiger partial charge is 0.480 e. The Bertz CT molecular complexity index is 569. The van der Waals surface area contributed by atoms with Gasteiger partial charge in [0, 0.05) is 19.0 Å². The summed E-state index contributed by atoms with van der Waals surface area (Å²) in [4.78, 5) is 28.3. The summed E-state index contributed by atoms with van der Waals surface area (Å²) in [6, 6.07) is 9.51. The lowest BCUT2D eigenvalue weighted by molar-refractivity contribution is -0.153. The number of aryl methyl sites for hydroxylation is 1. The summed E-state index contributed by atoms with van der Waals surface area (Å²) < 4.78 is 0. The van der Waals surface area contributed by atoms with Crippen molar-refractivity contribution in [2.45, 2.75) is 50.6 Å². The Labute approximate surface area is 143 Å². The maximum Gasteiger partial charge on any atom is 0.326 e. The number of piperidine rings is 1. The molecule has 24 heavy (non-hydrogen) atoms. The Balaban J connectivity index is 1.59. The molecule has 1 aromatic rings. The van der Waals surface area contributed by atoms with Gasteiger partial charge in [0.15, 0.2) is 0 Å². The predicted molar refractivity (Wildman–Crippen MR) is 91.7 cm³/mol. The van der Waals surface area contributed by atoms with Crippen molar-refractivity contribution < 1.29 is 14.7 Å². The standard InChI is InChI=1S/C19H26N2O3/c22-18(9-8-15-6-2-1-3-7-15)21-13-10-16(14-17(21)19(23)24)20-11-4-5-12-20/h1-3,6-7,16-17H,4-5,8-14H2,(H,23,24). The highest BCUT2D eigenvalue weighted by molar-refractivity contribution is 5.84. The van der Waals surface area contributed by atoms with Crippen molar-refractivity contribution in [3.05, 3.63) is 35.9 Å². The number of hydrogen-bond donors (Lipinski definition) is 1. The maximum absolute atomic E-state index is 12.6. The molecule has 0 spiro atoms. The molecule has 5 heteroatoms. The van der Waals surface area contributed by atoms with Crippen LogP contribution in [-0.4, -0.2) is 58.5 Å². The highest BCUT2D eigenvalue weighted by atomic mass is 16.4. The highest BCUT2D eigenvalue weighted by Crippen LogP contribution is 2.26. The van der Waals surface area contributed by atoms with Gasteiger partial charge in [0.2, 0.25) is 5.91 Å². The molecule has 0 aromatic heterocycles. The first-order valence-corrected chi connectivity index (χ1v) is 8.95. The molecule has 0 radical (unpaired) electrons. The third-order valence-electron chi connectivity index (χ3n) is 5.31. The molecule has 0 aliphatic carbocycles. The Kier molecular flexibility index (Phi) is 5.51. The molecule has 0 bridgehead atoms. The van der Waals surface area contributed by atoms with Crippen molar-refractivity contribution in [2.75, 3.05) is 19.6 Å². The van der Waals surface area contributed by atoms with Gasteiger partial charge < -0.3 is 14.9 Å². The third-order valence-corrected chi connectivity index (χ3v) is 5.31. The Morgan fingerprint density at radius 2 is 1.79 bits per heavy atom. The normalized spacial score (nSPS) is 24.9. The van der Waals surface area contributed by atoms with Crippen LogP contribution < -0.4 is 0 Å². The molecule has 2 aliphatic rings. The summed E-state index contributed by atoms with van der Waals surface area (Å²) in [6.07, 6.45) is 4.90. The fraction of sp³-hybridized carbons (Fsp3) is 0.579. The second kappa shape index (κ2) is 7.79. The number of amides is 1. The van der Waals surface area contributed by atoms with Gasteiger partial charge in [0.1, 0.15) is 6.04 Å². The molecule has 0 saturated carbocycles. The van der Waals surface area contributed by atoms with E-state index in [4.69, 9.17) is 0 Å². The minimum Gasteiger partial charge on any atom is -0.480 e. The van der Waals surface area contributed by atoms with Gasteiger partial charge in [-0.1, -0.05) is 30.3 Å². The number of nitrogens with zero attached hydrogens (tertiary/aromatic N) is 2. The molecule has 1 N–H and O–H groups in total. The number of aliphatic carboxylic acids is 1. The predicted octanol–water partition coefficient (Wildman–Crippen LogP) is 2.16. The third kappa shape index (κ3) is 3.96. The zero-order valence-corrected chi connectivity index (χ0v) is 14.1. The van der Waals surface area contributed by atoms with Crippen LogP contribution in [0.3, 0.4) is 0 Å². The number of carboxylic acids is 1. The monoisotopic (exact) mass is 330 g/mol. The number of benzene rings is 1. The summed E-state index contributed by atoms with van der Waals surface area (Å²) >= 11 is 0. The summed E-state index contributed by atoms with van der Waals surface area (Å²) in [5.41, 5.74) is 1.12. The fourth-order valence-corrected chi connectivity index (χ4v) is 3.96. The molecule has 1 amide bonds. The van der Waals surface area contributed by atoms with E-state index in [-0.39, 0.29) is 5.91 Å². The van der Waals surface area contributed by atoms with E-state index in [0.29, 0.717) is 31.8 Å². The maximum atomic E-state index is 12.6. The molecule has 2 aliphatic heterocycles. The minimum absolute atomic E-state index is 0.0360. The van der Waals surface area contributed by atoms with Crippen LogP contribution in [0.15, 0.2) is 30.3 Å². The van der Waals surface area contributed by atoms with Crippen molar-refractivity contribution >= 4 is 11.9 Å². The van der Waals surface area contributed by atoms with Gasteiger partial charge in [-0.2, -0.15) is 0 Å². The van der Waals surface area contributed by atoms with E-state index in [1.807, 2.05) is 30.3 Å². The number of rotatable bonds is 5. The van der Waals surface area contributed by atoms with Gasteiger partial charge in [0.05, 0.1) is 0 Å².